The predicted octanol–water partition coefficient (Wildman–Crippen LogP) is 1.74. The fourth-order valence-electron chi connectivity index (χ4n) is 4.16. The lowest BCUT2D eigenvalue weighted by atomic mass is 9.73. The normalized spacial score (nSPS) is 23.3. The number of esters is 1. The molecule has 2 aliphatic heterocycles. The van der Waals surface area contributed by atoms with Gasteiger partial charge in [0, 0.05) is 18.5 Å². The van der Waals surface area contributed by atoms with Gasteiger partial charge in [0.25, 0.3) is 0 Å². The third-order valence-corrected chi connectivity index (χ3v) is 5.65. The Hall–Kier alpha value is -2.62. The van der Waals surface area contributed by atoms with Crippen molar-refractivity contribution in [3.05, 3.63) is 11.9 Å². The lowest BCUT2D eigenvalue weighted by Gasteiger charge is -2.43. The van der Waals surface area contributed by atoms with Crippen LogP contribution in [0.2, 0.25) is 0 Å². The van der Waals surface area contributed by atoms with Gasteiger partial charge in [0.2, 0.25) is 0 Å². The highest BCUT2D eigenvalue weighted by molar-refractivity contribution is 5.92. The van der Waals surface area contributed by atoms with Gasteiger partial charge in [-0.25, -0.2) is 19.6 Å². The van der Waals surface area contributed by atoms with Crippen LogP contribution in [0.25, 0.3) is 0 Å². The standard InChI is InChI=1S/C20H31N5O5/c1-12-15(24-18(27)30-19(2,3)4)20(11-29-12)6-8-25(9-7-20)16-14(17(26)28-5)22-10-13(21)23-16/h10,12,15H,6-9,11H2,1-5H3,(H2,21,23)(H,24,27)/t12-,15+/m0/s1. The minimum absolute atomic E-state index is 0.123. The van der Waals surface area contributed by atoms with Crippen LogP contribution >= 0.6 is 0 Å². The average molecular weight is 421 g/mol. The molecule has 1 aromatic rings. The van der Waals surface area contributed by atoms with Crippen molar-refractivity contribution in [1.82, 2.24) is 15.3 Å². The van der Waals surface area contributed by atoms with Gasteiger partial charge in [0.05, 0.1) is 32.1 Å². The Morgan fingerprint density at radius 3 is 2.60 bits per heavy atom. The van der Waals surface area contributed by atoms with Gasteiger partial charge in [0.15, 0.2) is 11.5 Å². The summed E-state index contributed by atoms with van der Waals surface area (Å²) in [6.45, 7) is 9.24. The molecule has 0 saturated carbocycles. The van der Waals surface area contributed by atoms with Crippen LogP contribution in [0.3, 0.4) is 0 Å². The summed E-state index contributed by atoms with van der Waals surface area (Å²) in [4.78, 5) is 34.9. The Morgan fingerprint density at radius 2 is 2.00 bits per heavy atom. The Kier molecular flexibility index (Phi) is 6.07. The third-order valence-electron chi connectivity index (χ3n) is 5.65. The lowest BCUT2D eigenvalue weighted by molar-refractivity contribution is 0.0433. The van der Waals surface area contributed by atoms with Gasteiger partial charge in [-0.1, -0.05) is 0 Å². The van der Waals surface area contributed by atoms with Crippen molar-refractivity contribution < 1.29 is 23.8 Å². The zero-order valence-electron chi connectivity index (χ0n) is 18.2. The van der Waals surface area contributed by atoms with E-state index >= 15 is 0 Å². The summed E-state index contributed by atoms with van der Waals surface area (Å²) >= 11 is 0. The molecule has 3 rings (SSSR count). The number of methoxy groups -OCH3 is 1. The van der Waals surface area contributed by atoms with Crippen LogP contribution in [0.4, 0.5) is 16.4 Å². The second-order valence-electron chi connectivity index (χ2n) is 8.95. The fourth-order valence-corrected chi connectivity index (χ4v) is 4.16. The van der Waals surface area contributed by atoms with Crippen molar-refractivity contribution >= 4 is 23.7 Å². The number of aromatic nitrogens is 2. The van der Waals surface area contributed by atoms with E-state index in [0.717, 1.165) is 12.8 Å². The number of anilines is 2. The van der Waals surface area contributed by atoms with E-state index in [0.29, 0.717) is 25.5 Å². The number of hydrogen-bond donors (Lipinski definition) is 2. The van der Waals surface area contributed by atoms with Gasteiger partial charge in [-0.2, -0.15) is 0 Å². The largest absolute Gasteiger partial charge is 0.464 e. The second-order valence-corrected chi connectivity index (χ2v) is 8.95. The number of nitrogens with one attached hydrogen (secondary N) is 1. The highest BCUT2D eigenvalue weighted by Crippen LogP contribution is 2.43. The first-order valence-corrected chi connectivity index (χ1v) is 10.1. The topological polar surface area (TPSA) is 129 Å². The van der Waals surface area contributed by atoms with Crippen LogP contribution in [-0.4, -0.2) is 66.6 Å². The van der Waals surface area contributed by atoms with E-state index in [9.17, 15) is 9.59 Å². The van der Waals surface area contributed by atoms with Gasteiger partial charge in [-0.3, -0.25) is 0 Å². The van der Waals surface area contributed by atoms with Crippen molar-refractivity contribution in [2.45, 2.75) is 58.3 Å². The molecular weight excluding hydrogens is 390 g/mol. The van der Waals surface area contributed by atoms with Crippen LogP contribution in [0.5, 0.6) is 0 Å². The molecule has 0 bridgehead atoms. The second kappa shape index (κ2) is 8.25. The van der Waals surface area contributed by atoms with Crippen molar-refractivity contribution in [3.8, 4) is 0 Å². The maximum absolute atomic E-state index is 12.4. The van der Waals surface area contributed by atoms with Gasteiger partial charge in [0.1, 0.15) is 11.4 Å². The van der Waals surface area contributed by atoms with Crippen LogP contribution in [-0.2, 0) is 14.2 Å². The number of hydrogen-bond acceptors (Lipinski definition) is 9. The van der Waals surface area contributed by atoms with E-state index in [2.05, 4.69) is 15.3 Å². The molecule has 1 amide bonds. The monoisotopic (exact) mass is 421 g/mol. The van der Waals surface area contributed by atoms with Crippen LogP contribution in [0.15, 0.2) is 6.20 Å². The maximum Gasteiger partial charge on any atom is 0.407 e. The molecule has 1 spiro atoms. The molecule has 2 saturated heterocycles. The van der Waals surface area contributed by atoms with Gasteiger partial charge in [-0.05, 0) is 40.5 Å². The van der Waals surface area contributed by atoms with E-state index in [-0.39, 0.29) is 29.1 Å². The molecule has 10 heteroatoms. The molecule has 2 fully saturated rings. The van der Waals surface area contributed by atoms with Crippen LogP contribution in [0.1, 0.15) is 51.0 Å². The number of ether oxygens (including phenoxy) is 3. The number of nitrogens with zero attached hydrogens (tertiary/aromatic N) is 3. The Morgan fingerprint density at radius 1 is 1.33 bits per heavy atom. The van der Waals surface area contributed by atoms with Crippen molar-refractivity contribution in [1.29, 1.82) is 0 Å². The molecule has 30 heavy (non-hydrogen) atoms. The molecule has 0 aliphatic carbocycles. The molecule has 10 nitrogen and oxygen atoms in total. The van der Waals surface area contributed by atoms with Gasteiger partial charge < -0.3 is 30.2 Å². The molecule has 0 aromatic carbocycles. The van der Waals surface area contributed by atoms with E-state index in [1.807, 2.05) is 32.6 Å². The summed E-state index contributed by atoms with van der Waals surface area (Å²) in [6.07, 6.45) is 2.27. The molecular formula is C20H31N5O5. The number of alkyl carbamates (subject to hydrolysis) is 1. The molecule has 0 unspecified atom stereocenters. The van der Waals surface area contributed by atoms with E-state index in [1.165, 1.54) is 13.3 Å². The quantitative estimate of drug-likeness (QED) is 0.701. The Labute approximate surface area is 176 Å². The highest BCUT2D eigenvalue weighted by atomic mass is 16.6. The first kappa shape index (κ1) is 22.1. The number of piperidine rings is 1. The first-order chi connectivity index (χ1) is 14.0. The fraction of sp³-hybridized carbons (Fsp3) is 0.700. The van der Waals surface area contributed by atoms with E-state index < -0.39 is 17.7 Å². The first-order valence-electron chi connectivity index (χ1n) is 10.1. The molecule has 3 heterocycles. The summed E-state index contributed by atoms with van der Waals surface area (Å²) < 4.78 is 16.2. The number of carbonyl (C=O) groups is 2. The summed E-state index contributed by atoms with van der Waals surface area (Å²) in [5.41, 5.74) is 5.16. The van der Waals surface area contributed by atoms with Crippen LogP contribution < -0.4 is 16.0 Å². The summed E-state index contributed by atoms with van der Waals surface area (Å²) in [7, 11) is 1.31. The van der Waals surface area contributed by atoms with Crippen molar-refractivity contribution in [2.24, 2.45) is 5.41 Å². The third kappa shape index (κ3) is 4.58. The molecule has 2 aliphatic rings. The molecule has 1 aromatic heterocycles. The predicted molar refractivity (Wildman–Crippen MR) is 110 cm³/mol. The Balaban J connectivity index is 1.74. The SMILES string of the molecule is COC(=O)c1ncc(N)nc1N1CCC2(CC1)CO[C@@H](C)[C@H]2NC(=O)OC(C)(C)C. The van der Waals surface area contributed by atoms with Crippen molar-refractivity contribution in [2.75, 3.05) is 37.4 Å². The smallest absolute Gasteiger partial charge is 0.407 e. The Bertz CT molecular complexity index is 801. The number of rotatable bonds is 3. The van der Waals surface area contributed by atoms with Crippen molar-refractivity contribution in [3.63, 3.8) is 0 Å². The van der Waals surface area contributed by atoms with Crippen LogP contribution in [0, 0.1) is 5.41 Å². The van der Waals surface area contributed by atoms with E-state index in [4.69, 9.17) is 19.9 Å². The molecule has 166 valence electrons. The average Bonchev–Trinajstić information content (AvgIpc) is 2.96. The summed E-state index contributed by atoms with van der Waals surface area (Å²) in [5.74, 6) is 0.0978. The minimum Gasteiger partial charge on any atom is -0.464 e. The highest BCUT2D eigenvalue weighted by Gasteiger charge is 2.50. The maximum atomic E-state index is 12.4. The molecule has 2 atom stereocenters. The molecule has 0 radical (unpaired) electrons. The number of carbonyl (C=O) groups excluding carboxylic acids is 2. The lowest BCUT2D eigenvalue weighted by Crippen LogP contribution is -2.55. The van der Waals surface area contributed by atoms with Gasteiger partial charge >= 0.3 is 12.1 Å². The number of amides is 1. The number of nitrogens with two attached hydrogens (primary N) is 1. The summed E-state index contributed by atoms with van der Waals surface area (Å²) in [5, 5.41) is 3.02. The van der Waals surface area contributed by atoms with E-state index in [1.54, 1.807) is 0 Å². The number of nitrogen functional groups attached to an aromatic ring is 1. The van der Waals surface area contributed by atoms with Gasteiger partial charge in [-0.15, -0.1) is 0 Å². The summed E-state index contributed by atoms with van der Waals surface area (Å²) in [6, 6.07) is -0.165. The minimum atomic E-state index is -0.570. The molecule has 3 N–H and O–H groups in total. The zero-order valence-corrected chi connectivity index (χ0v) is 18.2. The zero-order chi connectivity index (χ0) is 22.1.